The molecule has 0 aliphatic rings. The number of carboxylic acids is 2. The fourth-order valence-corrected chi connectivity index (χ4v) is 2.87. The predicted octanol–water partition coefficient (Wildman–Crippen LogP) is -3.51. The van der Waals surface area contributed by atoms with Crippen molar-refractivity contribution in [3.63, 3.8) is 0 Å². The van der Waals surface area contributed by atoms with Gasteiger partial charge in [-0.25, -0.2) is 4.79 Å². The maximum Gasteiger partial charge on any atom is 0.326 e. The first-order valence-electron chi connectivity index (χ1n) is 11.1. The van der Waals surface area contributed by atoms with E-state index in [-0.39, 0.29) is 25.7 Å². The van der Waals surface area contributed by atoms with Crippen LogP contribution >= 0.6 is 0 Å². The van der Waals surface area contributed by atoms with Gasteiger partial charge in [0.25, 0.3) is 0 Å². The zero-order valence-corrected chi connectivity index (χ0v) is 19.6. The maximum atomic E-state index is 12.9. The Kier molecular flexibility index (Phi) is 14.8. The number of hydrogen-bond acceptors (Lipinski definition) is 9. The SMILES string of the molecule is CC(O)C(N)C(=O)NC(CCC(=O)O)C(=O)NC(CCCCN)C(=O)NC(CCC(N)=O)C(=O)O. The van der Waals surface area contributed by atoms with Gasteiger partial charge in [-0.05, 0) is 45.6 Å². The van der Waals surface area contributed by atoms with Crippen molar-refractivity contribution in [2.45, 2.75) is 82.1 Å². The Morgan fingerprint density at radius 2 is 1.26 bits per heavy atom. The summed E-state index contributed by atoms with van der Waals surface area (Å²) >= 11 is 0. The van der Waals surface area contributed by atoms with E-state index in [2.05, 4.69) is 16.0 Å². The van der Waals surface area contributed by atoms with E-state index in [1.165, 1.54) is 6.92 Å². The Morgan fingerprint density at radius 3 is 1.71 bits per heavy atom. The maximum absolute atomic E-state index is 12.9. The Bertz CT molecular complexity index is 761. The number of hydrogen-bond donors (Lipinski definition) is 9. The monoisotopic (exact) mass is 504 g/mol. The summed E-state index contributed by atoms with van der Waals surface area (Å²) in [6, 6.07) is -5.49. The highest BCUT2D eigenvalue weighted by Crippen LogP contribution is 2.07. The van der Waals surface area contributed by atoms with Gasteiger partial charge in [-0.15, -0.1) is 0 Å². The van der Waals surface area contributed by atoms with Crippen LogP contribution in [0.3, 0.4) is 0 Å². The first-order chi connectivity index (χ1) is 16.3. The molecule has 35 heavy (non-hydrogen) atoms. The lowest BCUT2D eigenvalue weighted by Gasteiger charge is -2.25. The number of aliphatic carboxylic acids is 2. The molecule has 0 saturated heterocycles. The number of aliphatic hydroxyl groups excluding tert-OH is 1. The summed E-state index contributed by atoms with van der Waals surface area (Å²) in [6.45, 7) is 1.55. The van der Waals surface area contributed by atoms with Crippen molar-refractivity contribution in [3.05, 3.63) is 0 Å². The van der Waals surface area contributed by atoms with Crippen LogP contribution in [0.2, 0.25) is 0 Å². The molecule has 0 saturated carbocycles. The summed E-state index contributed by atoms with van der Waals surface area (Å²) in [5.41, 5.74) is 16.0. The number of carbonyl (C=O) groups excluding carboxylic acids is 4. The molecule has 5 atom stereocenters. The van der Waals surface area contributed by atoms with Crippen LogP contribution in [0.1, 0.15) is 51.9 Å². The van der Waals surface area contributed by atoms with Gasteiger partial charge in [0, 0.05) is 12.8 Å². The van der Waals surface area contributed by atoms with E-state index in [9.17, 15) is 39.0 Å². The molecule has 12 N–H and O–H groups in total. The molecule has 5 unspecified atom stereocenters. The second-order valence-electron chi connectivity index (χ2n) is 8.01. The first-order valence-corrected chi connectivity index (χ1v) is 11.1. The summed E-state index contributed by atoms with van der Waals surface area (Å²) in [6.07, 6.45) is -1.72. The number of unbranched alkanes of at least 4 members (excludes halogenated alkanes) is 1. The highest BCUT2D eigenvalue weighted by molar-refractivity contribution is 5.94. The standard InChI is InChI=1S/C20H36N6O9/c1-10(27)16(23)19(33)25-12(6-8-15(29)30)18(32)24-11(4-2-3-9-21)17(31)26-13(20(34)35)5-7-14(22)28/h10-13,16,27H,2-9,21,23H2,1H3,(H2,22,28)(H,24,32)(H,25,33)(H,26,31)(H,29,30)(H,34,35). The third kappa shape index (κ3) is 13.2. The van der Waals surface area contributed by atoms with E-state index in [1.807, 2.05) is 0 Å². The number of nitrogens with one attached hydrogen (secondary N) is 3. The number of rotatable bonds is 18. The third-order valence-electron chi connectivity index (χ3n) is 4.98. The molecule has 0 radical (unpaired) electrons. The summed E-state index contributed by atoms with van der Waals surface area (Å²) < 4.78 is 0. The molecule has 0 aliphatic heterocycles. The largest absolute Gasteiger partial charge is 0.481 e. The predicted molar refractivity (Wildman–Crippen MR) is 121 cm³/mol. The van der Waals surface area contributed by atoms with Gasteiger partial charge in [0.1, 0.15) is 24.2 Å². The van der Waals surface area contributed by atoms with Gasteiger partial charge in [0.15, 0.2) is 0 Å². The van der Waals surface area contributed by atoms with Gasteiger partial charge >= 0.3 is 11.9 Å². The minimum atomic E-state index is -1.45. The van der Waals surface area contributed by atoms with E-state index in [1.54, 1.807) is 0 Å². The zero-order valence-electron chi connectivity index (χ0n) is 19.6. The second kappa shape index (κ2) is 16.3. The zero-order chi connectivity index (χ0) is 27.1. The molecule has 0 aromatic carbocycles. The molecule has 0 fully saturated rings. The lowest BCUT2D eigenvalue weighted by molar-refractivity contribution is -0.142. The third-order valence-corrected chi connectivity index (χ3v) is 4.98. The van der Waals surface area contributed by atoms with Crippen LogP contribution in [0.4, 0.5) is 0 Å². The molecule has 0 aromatic heterocycles. The van der Waals surface area contributed by atoms with Crippen molar-refractivity contribution >= 4 is 35.6 Å². The number of primary amides is 1. The Labute approximate surface area is 202 Å². The average molecular weight is 505 g/mol. The molecular formula is C20H36N6O9. The lowest BCUT2D eigenvalue weighted by Crippen LogP contribution is -2.58. The quantitative estimate of drug-likeness (QED) is 0.0825. The topological polar surface area (TPSA) is 277 Å². The lowest BCUT2D eigenvalue weighted by atomic mass is 10.0. The minimum Gasteiger partial charge on any atom is -0.481 e. The smallest absolute Gasteiger partial charge is 0.326 e. The molecule has 0 bridgehead atoms. The fourth-order valence-electron chi connectivity index (χ4n) is 2.87. The van der Waals surface area contributed by atoms with Crippen LogP contribution in [0.15, 0.2) is 0 Å². The van der Waals surface area contributed by atoms with Crippen molar-refractivity contribution < 1.29 is 44.1 Å². The van der Waals surface area contributed by atoms with Crippen LogP contribution in [-0.4, -0.2) is 87.7 Å². The van der Waals surface area contributed by atoms with Crippen molar-refractivity contribution in [1.82, 2.24) is 16.0 Å². The van der Waals surface area contributed by atoms with Crippen LogP contribution in [0.5, 0.6) is 0 Å². The minimum absolute atomic E-state index is 0.0592. The molecule has 200 valence electrons. The molecule has 0 aliphatic carbocycles. The van der Waals surface area contributed by atoms with Gasteiger partial charge in [-0.1, -0.05) is 0 Å². The van der Waals surface area contributed by atoms with Crippen LogP contribution in [-0.2, 0) is 28.8 Å². The van der Waals surface area contributed by atoms with Gasteiger partial charge in [0.05, 0.1) is 6.10 Å². The summed E-state index contributed by atoms with van der Waals surface area (Å²) in [4.78, 5) is 71.2. The van der Waals surface area contributed by atoms with E-state index in [4.69, 9.17) is 22.3 Å². The fraction of sp³-hybridized carbons (Fsp3) is 0.700. The number of nitrogens with two attached hydrogens (primary N) is 3. The van der Waals surface area contributed by atoms with Crippen LogP contribution in [0.25, 0.3) is 0 Å². The average Bonchev–Trinajstić information content (AvgIpc) is 2.77. The number of amides is 4. The summed E-state index contributed by atoms with van der Waals surface area (Å²) in [7, 11) is 0. The van der Waals surface area contributed by atoms with Crippen molar-refractivity contribution in [1.29, 1.82) is 0 Å². The highest BCUT2D eigenvalue weighted by Gasteiger charge is 2.31. The molecule has 0 heterocycles. The highest BCUT2D eigenvalue weighted by atomic mass is 16.4. The van der Waals surface area contributed by atoms with E-state index in [0.717, 1.165) is 0 Å². The van der Waals surface area contributed by atoms with Crippen LogP contribution < -0.4 is 33.2 Å². The Morgan fingerprint density at radius 1 is 0.771 bits per heavy atom. The van der Waals surface area contributed by atoms with E-state index in [0.29, 0.717) is 19.4 Å². The van der Waals surface area contributed by atoms with E-state index >= 15 is 0 Å². The number of carboxylic acid groups (broad SMARTS) is 2. The Hall–Kier alpha value is -3.30. The molecule has 15 nitrogen and oxygen atoms in total. The molecular weight excluding hydrogens is 468 g/mol. The second-order valence-corrected chi connectivity index (χ2v) is 8.01. The summed E-state index contributed by atoms with van der Waals surface area (Å²) in [5, 5.41) is 34.7. The van der Waals surface area contributed by atoms with Crippen molar-refractivity contribution in [3.8, 4) is 0 Å². The molecule has 0 aromatic rings. The normalized spacial score (nSPS) is 15.1. The molecule has 15 heteroatoms. The van der Waals surface area contributed by atoms with Gasteiger partial charge in [0.2, 0.25) is 23.6 Å². The van der Waals surface area contributed by atoms with Crippen molar-refractivity contribution in [2.75, 3.05) is 6.54 Å². The molecule has 0 rings (SSSR count). The van der Waals surface area contributed by atoms with E-state index < -0.39 is 72.3 Å². The van der Waals surface area contributed by atoms with Gasteiger partial charge in [-0.3, -0.25) is 24.0 Å². The number of carbonyl (C=O) groups is 6. The first kappa shape index (κ1) is 31.7. The van der Waals surface area contributed by atoms with Gasteiger partial charge < -0.3 is 48.5 Å². The van der Waals surface area contributed by atoms with Crippen LogP contribution in [0, 0.1) is 0 Å². The summed E-state index contributed by atoms with van der Waals surface area (Å²) in [5.74, 6) is -6.10. The molecule has 0 spiro atoms. The van der Waals surface area contributed by atoms with Gasteiger partial charge in [-0.2, -0.15) is 0 Å². The number of aliphatic hydroxyl groups is 1. The Balaban J connectivity index is 5.59. The van der Waals surface area contributed by atoms with Crippen molar-refractivity contribution in [2.24, 2.45) is 17.2 Å². The molecule has 4 amide bonds.